The van der Waals surface area contributed by atoms with Crippen LogP contribution in [0.5, 0.6) is 5.75 Å². The molecule has 0 spiro atoms. The molecule has 0 bridgehead atoms. The predicted molar refractivity (Wildman–Crippen MR) is 138 cm³/mol. The molecule has 0 aromatic heterocycles. The van der Waals surface area contributed by atoms with Crippen LogP contribution in [0.3, 0.4) is 0 Å². The minimum Gasteiger partial charge on any atom is -0.459 e. The molecule has 0 amide bonds. The summed E-state index contributed by atoms with van der Waals surface area (Å²) in [5, 5.41) is 0. The summed E-state index contributed by atoms with van der Waals surface area (Å²) in [5.74, 6) is -1.45. The summed E-state index contributed by atoms with van der Waals surface area (Å²) in [6.07, 6.45) is 4.20. The molecule has 0 unspecified atom stereocenters. The molecular weight excluding hydrogens is 482 g/mol. The largest absolute Gasteiger partial charge is 0.459 e. The third-order valence-corrected chi connectivity index (χ3v) is 6.34. The first kappa shape index (κ1) is 28.0. The zero-order chi connectivity index (χ0) is 26.8. The van der Waals surface area contributed by atoms with Gasteiger partial charge in [0, 0.05) is 17.5 Å². The molecule has 2 aromatic carbocycles. The van der Waals surface area contributed by atoms with E-state index in [0.29, 0.717) is 35.7 Å². The molecule has 7 nitrogen and oxygen atoms in total. The van der Waals surface area contributed by atoms with Gasteiger partial charge in [0.25, 0.3) is 0 Å². The summed E-state index contributed by atoms with van der Waals surface area (Å²) in [6.45, 7) is 1.83. The van der Waals surface area contributed by atoms with Crippen LogP contribution in [0.2, 0.25) is 0 Å². The van der Waals surface area contributed by atoms with E-state index >= 15 is 0 Å². The number of benzene rings is 2. The number of carbonyl (C=O) groups excluding carboxylic acids is 2. The average Bonchev–Trinajstić information content (AvgIpc) is 2.86. The molecule has 0 radical (unpaired) electrons. The van der Waals surface area contributed by atoms with Crippen molar-refractivity contribution >= 4 is 29.4 Å². The fourth-order valence-corrected chi connectivity index (χ4v) is 4.45. The number of hydrogen-bond acceptors (Lipinski definition) is 7. The Morgan fingerprint density at radius 2 is 1.59 bits per heavy atom. The van der Waals surface area contributed by atoms with Gasteiger partial charge in [0.2, 0.25) is 0 Å². The van der Waals surface area contributed by atoms with Crippen LogP contribution in [0.1, 0.15) is 61.4 Å². The molecule has 0 saturated heterocycles. The van der Waals surface area contributed by atoms with Gasteiger partial charge in [-0.05, 0) is 73.6 Å². The van der Waals surface area contributed by atoms with Crippen molar-refractivity contribution in [3.63, 3.8) is 0 Å². The van der Waals surface area contributed by atoms with Crippen molar-refractivity contribution in [1.82, 2.24) is 0 Å². The maximum absolute atomic E-state index is 14.7. The zero-order valence-corrected chi connectivity index (χ0v) is 21.0. The Morgan fingerprint density at radius 3 is 2.22 bits per heavy atom. The van der Waals surface area contributed by atoms with E-state index in [1.54, 1.807) is 12.1 Å². The van der Waals surface area contributed by atoms with Gasteiger partial charge in [0.1, 0.15) is 19.0 Å². The van der Waals surface area contributed by atoms with Crippen molar-refractivity contribution in [2.24, 2.45) is 11.8 Å². The van der Waals surface area contributed by atoms with Gasteiger partial charge >= 0.3 is 18.0 Å². The summed E-state index contributed by atoms with van der Waals surface area (Å²) in [7, 11) is 0. The second-order valence-electron chi connectivity index (χ2n) is 9.26. The maximum atomic E-state index is 14.7. The molecule has 37 heavy (non-hydrogen) atoms. The van der Waals surface area contributed by atoms with E-state index in [1.165, 1.54) is 42.5 Å². The van der Waals surface area contributed by atoms with Gasteiger partial charge in [0.05, 0.1) is 11.5 Å². The molecule has 1 aliphatic carbocycles. The number of ether oxygens (including phenoxy) is 3. The van der Waals surface area contributed by atoms with Crippen molar-refractivity contribution in [1.29, 1.82) is 0 Å². The van der Waals surface area contributed by atoms with Gasteiger partial charge in [-0.3, -0.25) is 0 Å². The quantitative estimate of drug-likeness (QED) is 0.167. The third-order valence-electron chi connectivity index (χ3n) is 6.34. The molecule has 0 atom stereocenters. The fraction of sp³-hybridized carbons (Fsp3) is 0.429. The van der Waals surface area contributed by atoms with Gasteiger partial charge in [-0.25, -0.2) is 9.59 Å². The van der Waals surface area contributed by atoms with E-state index in [0.717, 1.165) is 25.7 Å². The Hall–Kier alpha value is -3.62. The maximum Gasteiger partial charge on any atom is 0.400 e. The number of alkyl halides is 2. The number of rotatable bonds is 11. The summed E-state index contributed by atoms with van der Waals surface area (Å²) in [4.78, 5) is 23.9. The Bertz CT molecular complexity index is 1060. The van der Waals surface area contributed by atoms with Crippen molar-refractivity contribution in [2.45, 2.75) is 51.6 Å². The predicted octanol–water partition coefficient (Wildman–Crippen LogP) is 5.84. The normalized spacial score (nSPS) is 17.9. The highest BCUT2D eigenvalue weighted by molar-refractivity contribution is 5.91. The van der Waals surface area contributed by atoms with Gasteiger partial charge in [-0.1, -0.05) is 31.9 Å². The molecule has 2 aromatic rings. The number of esters is 2. The van der Waals surface area contributed by atoms with Crippen LogP contribution in [0, 0.1) is 11.8 Å². The number of hydrogen-bond donors (Lipinski definition) is 2. The van der Waals surface area contributed by atoms with Crippen LogP contribution in [-0.2, 0) is 14.3 Å². The summed E-state index contributed by atoms with van der Waals surface area (Å²) >= 11 is 0. The van der Waals surface area contributed by atoms with Crippen LogP contribution < -0.4 is 16.2 Å². The molecule has 1 aliphatic rings. The molecular formula is C28H34F2N2O5. The van der Waals surface area contributed by atoms with Crippen molar-refractivity contribution < 1.29 is 32.6 Å². The number of anilines is 2. The second kappa shape index (κ2) is 13.1. The lowest BCUT2D eigenvalue weighted by atomic mass is 9.79. The van der Waals surface area contributed by atoms with Gasteiger partial charge in [0.15, 0.2) is 0 Å². The highest BCUT2D eigenvalue weighted by Crippen LogP contribution is 2.41. The molecule has 0 aliphatic heterocycles. The Morgan fingerprint density at radius 1 is 0.973 bits per heavy atom. The number of nitrogens with two attached hydrogens (primary N) is 2. The summed E-state index contributed by atoms with van der Waals surface area (Å²) in [6, 6.07) is 10.4. The second-order valence-corrected chi connectivity index (χ2v) is 9.26. The van der Waals surface area contributed by atoms with Gasteiger partial charge < -0.3 is 25.7 Å². The highest BCUT2D eigenvalue weighted by Gasteiger charge is 2.43. The topological polar surface area (TPSA) is 114 Å². The lowest BCUT2D eigenvalue weighted by Crippen LogP contribution is -2.37. The van der Waals surface area contributed by atoms with Gasteiger partial charge in [-0.2, -0.15) is 8.78 Å². The fourth-order valence-electron chi connectivity index (χ4n) is 4.45. The van der Waals surface area contributed by atoms with Crippen LogP contribution in [0.25, 0.3) is 6.08 Å². The Labute approximate surface area is 215 Å². The van der Waals surface area contributed by atoms with E-state index in [4.69, 9.17) is 25.7 Å². The van der Waals surface area contributed by atoms with E-state index < -0.39 is 24.0 Å². The van der Waals surface area contributed by atoms with Crippen LogP contribution >= 0.6 is 0 Å². The lowest BCUT2D eigenvalue weighted by molar-refractivity contribution is -0.223. The Balaban J connectivity index is 1.40. The monoisotopic (exact) mass is 516 g/mol. The number of carbonyl (C=O) groups is 2. The number of halogens is 2. The Kier molecular flexibility index (Phi) is 9.88. The van der Waals surface area contributed by atoms with Crippen LogP contribution in [0.15, 0.2) is 48.5 Å². The summed E-state index contributed by atoms with van der Waals surface area (Å²) in [5.41, 5.74) is 12.8. The smallest absolute Gasteiger partial charge is 0.400 e. The molecule has 200 valence electrons. The molecule has 9 heteroatoms. The molecule has 3 rings (SSSR count). The summed E-state index contributed by atoms with van der Waals surface area (Å²) < 4.78 is 44.4. The van der Waals surface area contributed by atoms with Gasteiger partial charge in [-0.15, -0.1) is 0 Å². The minimum atomic E-state index is -3.22. The van der Waals surface area contributed by atoms with E-state index in [-0.39, 0.29) is 24.5 Å². The zero-order valence-electron chi connectivity index (χ0n) is 21.0. The van der Waals surface area contributed by atoms with Crippen molar-refractivity contribution in [3.05, 3.63) is 59.7 Å². The average molecular weight is 517 g/mol. The molecule has 4 N–H and O–H groups in total. The highest BCUT2D eigenvalue weighted by atomic mass is 19.3. The molecule has 1 fully saturated rings. The minimum absolute atomic E-state index is 0.0733. The first-order chi connectivity index (χ1) is 17.7. The van der Waals surface area contributed by atoms with Crippen LogP contribution in [0.4, 0.5) is 20.2 Å². The third kappa shape index (κ3) is 8.77. The first-order valence-electron chi connectivity index (χ1n) is 12.5. The van der Waals surface area contributed by atoms with Crippen molar-refractivity contribution in [3.8, 4) is 5.75 Å². The standard InChI is InChI=1S/C28H34F2N2O5/c1-2-3-19-4-9-22(10-5-19)28(29,30)37-25-11-6-20(7-12-25)8-13-26(33)35-14-15-36-27(34)21-16-23(31)18-24(32)17-21/h6-8,11-13,16-19,22H,2-5,9-10,14-15,31-32H2,1H3/b13-8+. The van der Waals surface area contributed by atoms with E-state index in [2.05, 4.69) is 6.92 Å². The number of nitrogen functional groups attached to an aromatic ring is 2. The lowest BCUT2D eigenvalue weighted by Gasteiger charge is -2.33. The SMILES string of the molecule is CCCC1CCC(C(F)(F)Oc2ccc(/C=C/C(=O)OCCOC(=O)c3cc(N)cc(N)c3)cc2)CC1. The van der Waals surface area contributed by atoms with E-state index in [9.17, 15) is 18.4 Å². The molecule has 1 saturated carbocycles. The molecule has 0 heterocycles. The van der Waals surface area contributed by atoms with Crippen molar-refractivity contribution in [2.75, 3.05) is 24.7 Å². The van der Waals surface area contributed by atoms with E-state index in [1.807, 2.05) is 0 Å². The first-order valence-corrected chi connectivity index (χ1v) is 12.5. The van der Waals surface area contributed by atoms with Crippen LogP contribution in [-0.4, -0.2) is 31.3 Å².